The third kappa shape index (κ3) is 6.10. The van der Waals surface area contributed by atoms with Crippen molar-refractivity contribution in [2.45, 2.75) is 44.3 Å². The Morgan fingerprint density at radius 2 is 1.80 bits per heavy atom. The van der Waals surface area contributed by atoms with Crippen LogP contribution in [0.1, 0.15) is 26.2 Å². The molecular weight excluding hydrogens is 382 g/mol. The number of hydrogen-bond donors (Lipinski definition) is 0. The maximum Gasteiger partial charge on any atom is 4.00 e. The van der Waals surface area contributed by atoms with Crippen LogP contribution in [0.25, 0.3) is 0 Å². The number of allylic oxidation sites excluding steroid dienone is 4. The Bertz CT molecular complexity index is 371. The number of rotatable bonds is 3. The fraction of sp³-hybridized carbons (Fsp3) is 0.438. The molecule has 1 aliphatic heterocycles. The van der Waals surface area contributed by atoms with E-state index in [2.05, 4.69) is 43.3 Å². The van der Waals surface area contributed by atoms with Gasteiger partial charge in [-0.25, -0.2) is 24.3 Å². The zero-order chi connectivity index (χ0) is 12.0. The standard InChI is InChI=1S/C11H17Si.C5H5.2ClH.Zr/c1-2-8-12(9-5-10-12)11-6-3-4-7-11;1-2-4-5-3-1;;;/h3-4,6-7H,2,5,8-10H2,1H3;1-3H,4H2;2*1H;/q2*-1;;;+4/p-2. The minimum Gasteiger partial charge on any atom is -1.00 e. The molecule has 20 heavy (non-hydrogen) atoms. The summed E-state index contributed by atoms with van der Waals surface area (Å²) in [6.07, 6.45) is 12.9. The molecule has 2 aliphatic rings. The van der Waals surface area contributed by atoms with Gasteiger partial charge in [0.05, 0.1) is 0 Å². The van der Waals surface area contributed by atoms with Gasteiger partial charge in [-0.1, -0.05) is 37.9 Å². The van der Waals surface area contributed by atoms with Crippen LogP contribution in [0.5, 0.6) is 0 Å². The maximum atomic E-state index is 2.99. The number of halogens is 2. The molecule has 0 atom stereocenters. The van der Waals surface area contributed by atoms with Crippen LogP contribution in [0.4, 0.5) is 0 Å². The third-order valence-electron chi connectivity index (χ3n) is 3.90. The van der Waals surface area contributed by atoms with Gasteiger partial charge in [0.2, 0.25) is 0 Å². The van der Waals surface area contributed by atoms with Crippen LogP contribution in [0.2, 0.25) is 18.1 Å². The normalized spacial score (nSPS) is 16.6. The molecule has 1 fully saturated rings. The molecule has 108 valence electrons. The first-order valence-corrected chi connectivity index (χ1v) is 9.43. The molecule has 4 heteroatoms. The van der Waals surface area contributed by atoms with Gasteiger partial charge in [-0.05, 0) is 0 Å². The molecule has 0 radical (unpaired) electrons. The first-order valence-electron chi connectivity index (χ1n) is 6.81. The van der Waals surface area contributed by atoms with Crippen molar-refractivity contribution in [3.63, 3.8) is 0 Å². The largest absolute Gasteiger partial charge is 4.00 e. The van der Waals surface area contributed by atoms with Gasteiger partial charge in [0.25, 0.3) is 0 Å². The summed E-state index contributed by atoms with van der Waals surface area (Å²) in [5.74, 6) is 0. The summed E-state index contributed by atoms with van der Waals surface area (Å²) in [5, 5.41) is 1.73. The van der Waals surface area contributed by atoms with Crippen molar-refractivity contribution in [3.05, 3.63) is 48.6 Å². The predicted molar refractivity (Wildman–Crippen MR) is 78.3 cm³/mol. The fourth-order valence-electron chi connectivity index (χ4n) is 2.83. The van der Waals surface area contributed by atoms with Crippen molar-refractivity contribution < 1.29 is 51.0 Å². The van der Waals surface area contributed by atoms with Crippen molar-refractivity contribution >= 4 is 13.3 Å². The van der Waals surface area contributed by atoms with Gasteiger partial charge >= 0.3 is 26.2 Å². The van der Waals surface area contributed by atoms with E-state index in [1.54, 1.807) is 17.3 Å². The van der Waals surface area contributed by atoms with Crippen LogP contribution in [-0.4, -0.2) is 8.07 Å². The van der Waals surface area contributed by atoms with Crippen molar-refractivity contribution in [2.24, 2.45) is 0 Å². The Morgan fingerprint density at radius 3 is 2.10 bits per heavy atom. The molecule has 0 N–H and O–H groups in total. The fourth-order valence-corrected chi connectivity index (χ4v) is 7.26. The quantitative estimate of drug-likeness (QED) is 0.412. The van der Waals surface area contributed by atoms with E-state index in [0.717, 1.165) is 6.42 Å². The molecule has 0 amide bonds. The molecule has 3 rings (SSSR count). The van der Waals surface area contributed by atoms with Crippen molar-refractivity contribution in [1.82, 2.24) is 0 Å². The van der Waals surface area contributed by atoms with E-state index in [1.807, 2.05) is 12.2 Å². The van der Waals surface area contributed by atoms with Crippen LogP contribution in [-0.2, 0) is 26.2 Å². The minimum atomic E-state index is -0.867. The molecule has 1 aromatic carbocycles. The molecular formula is C16H22Cl2SiZr. The monoisotopic (exact) mass is 402 g/mol. The number of hydrogen-bond acceptors (Lipinski definition) is 0. The van der Waals surface area contributed by atoms with E-state index < -0.39 is 8.07 Å². The Labute approximate surface area is 156 Å². The van der Waals surface area contributed by atoms with Gasteiger partial charge in [0, 0.05) is 8.07 Å². The van der Waals surface area contributed by atoms with E-state index in [4.69, 9.17) is 0 Å². The van der Waals surface area contributed by atoms with E-state index in [0.29, 0.717) is 0 Å². The van der Waals surface area contributed by atoms with Crippen molar-refractivity contribution in [2.75, 3.05) is 0 Å². The summed E-state index contributed by atoms with van der Waals surface area (Å²) >= 11 is 0. The van der Waals surface area contributed by atoms with Gasteiger partial charge in [-0.3, -0.25) is 6.08 Å². The van der Waals surface area contributed by atoms with E-state index in [1.165, 1.54) is 18.9 Å². The molecule has 1 heterocycles. The van der Waals surface area contributed by atoms with E-state index >= 15 is 0 Å². The first kappa shape index (κ1) is 22.8. The Kier molecular flexibility index (Phi) is 13.8. The van der Waals surface area contributed by atoms with Crippen molar-refractivity contribution in [1.29, 1.82) is 0 Å². The van der Waals surface area contributed by atoms with Crippen LogP contribution in [0, 0.1) is 6.08 Å². The SMILES string of the molecule is CCC[Si]1([c-]2cccc2)CCC1.[C-]1=CC=CC1.[Cl-].[Cl-].[Zr+4]. The van der Waals surface area contributed by atoms with E-state index in [9.17, 15) is 0 Å². The zero-order valence-corrected chi connectivity index (χ0v) is 17.0. The van der Waals surface area contributed by atoms with Gasteiger partial charge in [-0.2, -0.15) is 23.4 Å². The summed E-state index contributed by atoms with van der Waals surface area (Å²) in [7, 11) is -0.867. The first-order chi connectivity index (χ1) is 8.37. The molecule has 0 saturated carbocycles. The molecule has 0 nitrogen and oxygen atoms in total. The Hall–Kier alpha value is 0.510. The Balaban J connectivity index is 0. The van der Waals surface area contributed by atoms with E-state index in [-0.39, 0.29) is 51.0 Å². The average Bonchev–Trinajstić information content (AvgIpc) is 2.97. The molecule has 1 aliphatic carbocycles. The maximum absolute atomic E-state index is 2.99. The second-order valence-electron chi connectivity index (χ2n) is 5.06. The Morgan fingerprint density at radius 1 is 1.15 bits per heavy atom. The molecule has 0 bridgehead atoms. The third-order valence-corrected chi connectivity index (χ3v) is 9.54. The van der Waals surface area contributed by atoms with Crippen LogP contribution in [0.15, 0.2) is 42.5 Å². The molecule has 0 aromatic heterocycles. The van der Waals surface area contributed by atoms with Crippen LogP contribution >= 0.6 is 0 Å². The predicted octanol–water partition coefficient (Wildman–Crippen LogP) is -1.81. The summed E-state index contributed by atoms with van der Waals surface area (Å²) in [6, 6.07) is 13.8. The molecule has 0 unspecified atom stereocenters. The zero-order valence-electron chi connectivity index (χ0n) is 12.0. The minimum absolute atomic E-state index is 0. The van der Waals surface area contributed by atoms with Gasteiger partial charge in [-0.15, -0.1) is 6.42 Å². The van der Waals surface area contributed by atoms with Gasteiger partial charge in [0.1, 0.15) is 0 Å². The smallest absolute Gasteiger partial charge is 1.00 e. The van der Waals surface area contributed by atoms with Crippen molar-refractivity contribution in [3.8, 4) is 0 Å². The van der Waals surface area contributed by atoms with Gasteiger partial charge in [0.15, 0.2) is 0 Å². The second kappa shape index (κ2) is 12.1. The molecule has 1 saturated heterocycles. The van der Waals surface area contributed by atoms with Gasteiger partial charge < -0.3 is 24.8 Å². The molecule has 1 aromatic rings. The second-order valence-corrected chi connectivity index (χ2v) is 9.70. The summed E-state index contributed by atoms with van der Waals surface area (Å²) in [6.45, 7) is 2.33. The summed E-state index contributed by atoms with van der Waals surface area (Å²) in [5.41, 5.74) is 0. The summed E-state index contributed by atoms with van der Waals surface area (Å²) in [4.78, 5) is 0. The van der Waals surface area contributed by atoms with Crippen LogP contribution < -0.4 is 30.0 Å². The average molecular weight is 405 g/mol. The topological polar surface area (TPSA) is 0 Å². The summed E-state index contributed by atoms with van der Waals surface area (Å²) < 4.78 is 0. The van der Waals surface area contributed by atoms with Crippen LogP contribution in [0.3, 0.4) is 0 Å². The molecule has 0 spiro atoms.